The third-order valence-corrected chi connectivity index (χ3v) is 3.63. The molecule has 30 heavy (non-hydrogen) atoms. The monoisotopic (exact) mass is 439 g/mol. The number of halogens is 1. The van der Waals surface area contributed by atoms with E-state index in [1.54, 1.807) is 0 Å². The van der Waals surface area contributed by atoms with Gasteiger partial charge in [-0.1, -0.05) is 13.8 Å². The Labute approximate surface area is 181 Å². The van der Waals surface area contributed by atoms with E-state index in [0.717, 1.165) is 0 Å². The van der Waals surface area contributed by atoms with Crippen molar-refractivity contribution < 1.29 is 37.6 Å². The summed E-state index contributed by atoms with van der Waals surface area (Å²) in [7, 11) is 0. The van der Waals surface area contributed by atoms with Crippen LogP contribution in [0, 0.1) is 5.92 Å². The van der Waals surface area contributed by atoms with Crippen molar-refractivity contribution >= 4 is 5.91 Å². The molecule has 0 aromatic carbocycles. The molecular formula is C21H42FNO7. The lowest BCUT2D eigenvalue weighted by atomic mass is 10.1. The number of carbonyl (C=O) groups is 1. The van der Waals surface area contributed by atoms with Crippen molar-refractivity contribution in [2.75, 3.05) is 79.2 Å². The number of alkyl halides is 1. The quantitative estimate of drug-likeness (QED) is 0.258. The fourth-order valence-electron chi connectivity index (χ4n) is 2.23. The number of ether oxygens (including phenoxy) is 6. The molecule has 0 aliphatic carbocycles. The van der Waals surface area contributed by atoms with Gasteiger partial charge in [-0.05, 0) is 26.2 Å². The molecular weight excluding hydrogens is 397 g/mol. The van der Waals surface area contributed by atoms with Gasteiger partial charge < -0.3 is 33.7 Å². The van der Waals surface area contributed by atoms with Crippen LogP contribution in [0.25, 0.3) is 0 Å². The van der Waals surface area contributed by atoms with Gasteiger partial charge >= 0.3 is 0 Å². The fraction of sp³-hybridized carbons (Fsp3) is 0.952. The average Bonchev–Trinajstić information content (AvgIpc) is 2.68. The smallest absolute Gasteiger partial charge is 0.246 e. The summed E-state index contributed by atoms with van der Waals surface area (Å²) in [5.41, 5.74) is 0. The molecule has 0 radical (unpaired) electrons. The lowest BCUT2D eigenvalue weighted by Crippen LogP contribution is -2.31. The van der Waals surface area contributed by atoms with E-state index in [0.29, 0.717) is 78.3 Å². The van der Waals surface area contributed by atoms with Gasteiger partial charge in [-0.3, -0.25) is 4.79 Å². The van der Waals surface area contributed by atoms with E-state index in [4.69, 9.17) is 28.4 Å². The molecule has 1 N–H and O–H groups in total. The van der Waals surface area contributed by atoms with Gasteiger partial charge in [0.25, 0.3) is 0 Å². The van der Waals surface area contributed by atoms with Gasteiger partial charge in [0.1, 0.15) is 12.8 Å². The van der Waals surface area contributed by atoms with Crippen LogP contribution in [0.3, 0.4) is 0 Å². The number of carbonyl (C=O) groups excluding carboxylic acids is 1. The normalized spacial score (nSPS) is 12.6. The maximum atomic E-state index is 13.4. The predicted octanol–water partition coefficient (Wildman–Crippen LogP) is 1.99. The first-order valence-corrected chi connectivity index (χ1v) is 10.8. The van der Waals surface area contributed by atoms with Gasteiger partial charge in [0.05, 0.1) is 72.2 Å². The van der Waals surface area contributed by atoms with Gasteiger partial charge in [0.2, 0.25) is 5.91 Å². The number of hydrogen-bond donors (Lipinski definition) is 1. The molecule has 0 saturated carbocycles. The average molecular weight is 440 g/mol. The second-order valence-electron chi connectivity index (χ2n) is 7.46. The van der Waals surface area contributed by atoms with Crippen LogP contribution in [-0.4, -0.2) is 97.4 Å². The van der Waals surface area contributed by atoms with Gasteiger partial charge in [-0.2, -0.15) is 0 Å². The maximum Gasteiger partial charge on any atom is 0.246 e. The van der Waals surface area contributed by atoms with Crippen LogP contribution in [0.2, 0.25) is 0 Å². The Morgan fingerprint density at radius 2 is 1.23 bits per heavy atom. The van der Waals surface area contributed by atoms with Gasteiger partial charge in [0.15, 0.2) is 0 Å². The molecule has 0 fully saturated rings. The summed E-state index contributed by atoms with van der Waals surface area (Å²) in [5, 5.41) is 2.71. The summed E-state index contributed by atoms with van der Waals surface area (Å²) in [6, 6.07) is 0. The van der Waals surface area contributed by atoms with Crippen molar-refractivity contribution in [3.05, 3.63) is 0 Å². The molecule has 1 amide bonds. The third kappa shape index (κ3) is 23.4. The lowest BCUT2D eigenvalue weighted by molar-refractivity contribution is -0.127. The molecule has 1 unspecified atom stereocenters. The zero-order chi connectivity index (χ0) is 22.5. The Morgan fingerprint density at radius 3 is 1.70 bits per heavy atom. The summed E-state index contributed by atoms with van der Waals surface area (Å²) in [6.07, 6.45) is -0.347. The fourth-order valence-corrected chi connectivity index (χ4v) is 2.23. The highest BCUT2D eigenvalue weighted by Crippen LogP contribution is 2.07. The van der Waals surface area contributed by atoms with E-state index in [-0.39, 0.29) is 25.2 Å². The molecule has 0 rings (SSSR count). The summed E-state index contributed by atoms with van der Waals surface area (Å²) in [6.45, 7) is 12.4. The van der Waals surface area contributed by atoms with E-state index in [2.05, 4.69) is 5.32 Å². The Bertz CT molecular complexity index is 386. The number of nitrogens with one attached hydrogen (secondary N) is 1. The van der Waals surface area contributed by atoms with Crippen molar-refractivity contribution in [1.29, 1.82) is 0 Å². The SMILES string of the molecule is CC(C)CC(F)COCCOCCOCCOCCOCCNC(=O)COC(C)C. The van der Waals surface area contributed by atoms with Crippen LogP contribution in [0.4, 0.5) is 4.39 Å². The number of amides is 1. The largest absolute Gasteiger partial charge is 0.377 e. The molecule has 9 heteroatoms. The molecule has 0 aromatic heterocycles. The van der Waals surface area contributed by atoms with Crippen molar-refractivity contribution in [2.45, 2.75) is 46.4 Å². The molecule has 8 nitrogen and oxygen atoms in total. The molecule has 0 spiro atoms. The highest BCUT2D eigenvalue weighted by molar-refractivity contribution is 5.77. The molecule has 0 aliphatic heterocycles. The van der Waals surface area contributed by atoms with Crippen molar-refractivity contribution in [2.24, 2.45) is 5.92 Å². The molecule has 0 saturated heterocycles. The topological polar surface area (TPSA) is 84.5 Å². The second kappa shape index (κ2) is 21.4. The summed E-state index contributed by atoms with van der Waals surface area (Å²) in [4.78, 5) is 11.4. The number of hydrogen-bond acceptors (Lipinski definition) is 7. The van der Waals surface area contributed by atoms with Crippen LogP contribution < -0.4 is 5.32 Å². The van der Waals surface area contributed by atoms with Crippen molar-refractivity contribution in [1.82, 2.24) is 5.32 Å². The Hall–Kier alpha value is -0.840. The first-order chi connectivity index (χ1) is 14.4. The number of rotatable bonds is 22. The molecule has 0 aromatic rings. The Kier molecular flexibility index (Phi) is 20.8. The van der Waals surface area contributed by atoms with Crippen LogP contribution in [-0.2, 0) is 33.2 Å². The van der Waals surface area contributed by atoms with Crippen molar-refractivity contribution in [3.8, 4) is 0 Å². The molecule has 0 aliphatic rings. The Morgan fingerprint density at radius 1 is 0.767 bits per heavy atom. The molecule has 180 valence electrons. The highest BCUT2D eigenvalue weighted by atomic mass is 19.1. The summed E-state index contributed by atoms with van der Waals surface area (Å²) >= 11 is 0. The zero-order valence-electron chi connectivity index (χ0n) is 19.2. The van der Waals surface area contributed by atoms with Crippen LogP contribution in [0.5, 0.6) is 0 Å². The van der Waals surface area contributed by atoms with Crippen LogP contribution in [0.1, 0.15) is 34.1 Å². The molecule has 0 heterocycles. The molecule has 0 bridgehead atoms. The van der Waals surface area contributed by atoms with E-state index < -0.39 is 6.17 Å². The third-order valence-electron chi connectivity index (χ3n) is 3.63. The highest BCUT2D eigenvalue weighted by Gasteiger charge is 2.08. The zero-order valence-corrected chi connectivity index (χ0v) is 19.2. The van der Waals surface area contributed by atoms with Gasteiger partial charge in [-0.15, -0.1) is 0 Å². The lowest BCUT2D eigenvalue weighted by Gasteiger charge is -2.11. The molecule has 1 atom stereocenters. The predicted molar refractivity (Wildman–Crippen MR) is 113 cm³/mol. The minimum atomic E-state index is -0.908. The first kappa shape index (κ1) is 29.2. The first-order valence-electron chi connectivity index (χ1n) is 10.8. The minimum Gasteiger partial charge on any atom is -0.377 e. The second-order valence-corrected chi connectivity index (χ2v) is 7.46. The Balaban J connectivity index is 3.15. The maximum absolute atomic E-state index is 13.4. The summed E-state index contributed by atoms with van der Waals surface area (Å²) in [5.74, 6) is 0.190. The van der Waals surface area contributed by atoms with Crippen LogP contribution >= 0.6 is 0 Å². The standard InChI is InChI=1S/C21H42FNO7/c1-18(2)15-20(22)16-29-14-13-28-12-11-27-10-9-26-8-7-25-6-5-23-21(24)17-30-19(3)4/h18-20H,5-17H2,1-4H3,(H,23,24). The van der Waals surface area contributed by atoms with Gasteiger partial charge in [-0.25, -0.2) is 4.39 Å². The van der Waals surface area contributed by atoms with Gasteiger partial charge in [0, 0.05) is 6.54 Å². The van der Waals surface area contributed by atoms with Crippen LogP contribution in [0.15, 0.2) is 0 Å². The van der Waals surface area contributed by atoms with E-state index in [1.807, 2.05) is 27.7 Å². The van der Waals surface area contributed by atoms with E-state index >= 15 is 0 Å². The van der Waals surface area contributed by atoms with E-state index in [9.17, 15) is 9.18 Å². The summed E-state index contributed by atoms with van der Waals surface area (Å²) < 4.78 is 45.3. The van der Waals surface area contributed by atoms with E-state index in [1.165, 1.54) is 0 Å². The van der Waals surface area contributed by atoms with Crippen molar-refractivity contribution in [3.63, 3.8) is 0 Å². The minimum absolute atomic E-state index is 0.0382.